The molecule has 2 aromatic carbocycles. The summed E-state index contributed by atoms with van der Waals surface area (Å²) in [5.41, 5.74) is 2.79. The van der Waals surface area contributed by atoms with Crippen LogP contribution in [0, 0.1) is 6.92 Å². The van der Waals surface area contributed by atoms with Crippen LogP contribution in [0.3, 0.4) is 0 Å². The Balaban J connectivity index is 1.73. The van der Waals surface area contributed by atoms with Gasteiger partial charge in [0, 0.05) is 30.2 Å². The molecule has 27 heavy (non-hydrogen) atoms. The van der Waals surface area contributed by atoms with Gasteiger partial charge in [-0.25, -0.2) is 13.1 Å². The number of nitrogens with one attached hydrogen (secondary N) is 2. The molecule has 138 valence electrons. The van der Waals surface area contributed by atoms with Crippen LogP contribution in [0.25, 0.3) is 0 Å². The van der Waals surface area contributed by atoms with Crippen molar-refractivity contribution in [1.82, 2.24) is 9.71 Å². The van der Waals surface area contributed by atoms with E-state index >= 15 is 0 Å². The van der Waals surface area contributed by atoms with Gasteiger partial charge in [-0.15, -0.1) is 0 Å². The second-order valence-corrected chi connectivity index (χ2v) is 7.79. The number of carbonyl (C=O) groups excluding carboxylic acids is 1. The molecule has 2 N–H and O–H groups in total. The van der Waals surface area contributed by atoms with Gasteiger partial charge in [0.05, 0.1) is 4.90 Å². The molecular formula is C20H19N3O3S. The highest BCUT2D eigenvalue weighted by molar-refractivity contribution is 7.89. The number of benzene rings is 2. The number of aromatic nitrogens is 1. The van der Waals surface area contributed by atoms with Crippen LogP contribution in [-0.2, 0) is 16.6 Å². The number of hydrogen-bond acceptors (Lipinski definition) is 4. The van der Waals surface area contributed by atoms with Crippen molar-refractivity contribution in [2.24, 2.45) is 0 Å². The predicted molar refractivity (Wildman–Crippen MR) is 104 cm³/mol. The van der Waals surface area contributed by atoms with E-state index in [9.17, 15) is 13.2 Å². The smallest absolute Gasteiger partial charge is 0.255 e. The molecule has 1 aromatic heterocycles. The number of carbonyl (C=O) groups is 1. The molecule has 1 heterocycles. The lowest BCUT2D eigenvalue weighted by atomic mass is 10.2. The molecular weight excluding hydrogens is 362 g/mol. The predicted octanol–water partition coefficient (Wildman–Crippen LogP) is 3.12. The molecule has 0 atom stereocenters. The minimum Gasteiger partial charge on any atom is -0.322 e. The van der Waals surface area contributed by atoms with Crippen molar-refractivity contribution in [2.45, 2.75) is 18.4 Å². The maximum absolute atomic E-state index is 12.5. The third kappa shape index (κ3) is 4.99. The fraction of sp³-hybridized carbons (Fsp3) is 0.100. The maximum Gasteiger partial charge on any atom is 0.255 e. The van der Waals surface area contributed by atoms with E-state index in [2.05, 4.69) is 15.0 Å². The van der Waals surface area contributed by atoms with Crippen molar-refractivity contribution in [1.29, 1.82) is 0 Å². The molecule has 0 fully saturated rings. The van der Waals surface area contributed by atoms with E-state index in [0.29, 0.717) is 5.69 Å². The molecule has 0 spiro atoms. The summed E-state index contributed by atoms with van der Waals surface area (Å²) in [7, 11) is -3.74. The summed E-state index contributed by atoms with van der Waals surface area (Å²) < 4.78 is 27.6. The van der Waals surface area contributed by atoms with E-state index < -0.39 is 10.0 Å². The van der Waals surface area contributed by atoms with Gasteiger partial charge in [-0.2, -0.15) is 0 Å². The second kappa shape index (κ2) is 8.11. The first-order valence-electron chi connectivity index (χ1n) is 8.31. The molecule has 6 nitrogen and oxygen atoms in total. The Morgan fingerprint density at radius 1 is 1.00 bits per heavy atom. The molecule has 0 bridgehead atoms. The normalized spacial score (nSPS) is 11.1. The van der Waals surface area contributed by atoms with Crippen LogP contribution in [-0.4, -0.2) is 19.3 Å². The van der Waals surface area contributed by atoms with Gasteiger partial charge in [-0.1, -0.05) is 23.8 Å². The Hall–Kier alpha value is -3.03. The molecule has 3 aromatic rings. The summed E-state index contributed by atoms with van der Waals surface area (Å²) in [5, 5.41) is 2.76. The highest BCUT2D eigenvalue weighted by Gasteiger charge is 2.16. The Labute approximate surface area is 158 Å². The molecule has 0 saturated heterocycles. The quantitative estimate of drug-likeness (QED) is 0.687. The number of rotatable bonds is 6. The van der Waals surface area contributed by atoms with E-state index in [1.807, 2.05) is 19.1 Å². The second-order valence-electron chi connectivity index (χ2n) is 6.03. The Bertz CT molecular complexity index is 1030. The number of nitrogens with zero attached hydrogens (tertiary/aromatic N) is 1. The molecule has 0 aliphatic carbocycles. The Morgan fingerprint density at radius 2 is 1.70 bits per heavy atom. The number of aryl methyl sites for hydroxylation is 1. The maximum atomic E-state index is 12.5. The van der Waals surface area contributed by atoms with Gasteiger partial charge in [0.1, 0.15) is 0 Å². The van der Waals surface area contributed by atoms with Crippen molar-refractivity contribution in [2.75, 3.05) is 5.32 Å². The van der Waals surface area contributed by atoms with Gasteiger partial charge in [-0.3, -0.25) is 9.78 Å². The minimum atomic E-state index is -3.74. The Morgan fingerprint density at radius 3 is 2.41 bits per heavy atom. The minimum absolute atomic E-state index is 0.0353. The fourth-order valence-electron chi connectivity index (χ4n) is 2.41. The highest BCUT2D eigenvalue weighted by atomic mass is 32.2. The van der Waals surface area contributed by atoms with Gasteiger partial charge in [0.2, 0.25) is 10.0 Å². The molecule has 0 radical (unpaired) electrons. The van der Waals surface area contributed by atoms with Crippen molar-refractivity contribution < 1.29 is 13.2 Å². The Kier molecular flexibility index (Phi) is 5.63. The fourth-order valence-corrected chi connectivity index (χ4v) is 3.47. The van der Waals surface area contributed by atoms with Gasteiger partial charge in [0.25, 0.3) is 5.91 Å². The van der Waals surface area contributed by atoms with E-state index in [1.54, 1.807) is 48.8 Å². The number of hydrogen-bond donors (Lipinski definition) is 2. The van der Waals surface area contributed by atoms with Gasteiger partial charge in [-0.05, 0) is 55.0 Å². The van der Waals surface area contributed by atoms with Crippen LogP contribution >= 0.6 is 0 Å². The number of amides is 1. The lowest BCUT2D eigenvalue weighted by molar-refractivity contribution is 0.102. The van der Waals surface area contributed by atoms with Crippen molar-refractivity contribution >= 4 is 21.6 Å². The van der Waals surface area contributed by atoms with E-state index in [4.69, 9.17) is 0 Å². The van der Waals surface area contributed by atoms with Crippen LogP contribution in [0.15, 0.2) is 78.0 Å². The van der Waals surface area contributed by atoms with Gasteiger partial charge in [0.15, 0.2) is 0 Å². The third-order valence-electron chi connectivity index (χ3n) is 3.93. The van der Waals surface area contributed by atoms with Crippen molar-refractivity contribution in [3.63, 3.8) is 0 Å². The van der Waals surface area contributed by atoms with Gasteiger partial charge < -0.3 is 5.32 Å². The molecule has 7 heteroatoms. The summed E-state index contributed by atoms with van der Waals surface area (Å²) in [6.45, 7) is 2.10. The zero-order valence-corrected chi connectivity index (χ0v) is 15.5. The largest absolute Gasteiger partial charge is 0.322 e. The topological polar surface area (TPSA) is 88.2 Å². The van der Waals surface area contributed by atoms with E-state index in [1.165, 1.54) is 12.1 Å². The lowest BCUT2D eigenvalue weighted by Crippen LogP contribution is -2.23. The number of anilines is 1. The van der Waals surface area contributed by atoms with Crippen LogP contribution in [0.1, 0.15) is 21.5 Å². The number of pyridine rings is 1. The summed E-state index contributed by atoms with van der Waals surface area (Å²) >= 11 is 0. The van der Waals surface area contributed by atoms with Crippen LogP contribution in [0.5, 0.6) is 0 Å². The van der Waals surface area contributed by atoms with Crippen LogP contribution in [0.2, 0.25) is 0 Å². The molecule has 0 aliphatic heterocycles. The lowest BCUT2D eigenvalue weighted by Gasteiger charge is -2.09. The van der Waals surface area contributed by atoms with E-state index in [0.717, 1.165) is 11.1 Å². The highest BCUT2D eigenvalue weighted by Crippen LogP contribution is 2.15. The monoisotopic (exact) mass is 381 g/mol. The molecule has 0 unspecified atom stereocenters. The van der Waals surface area contributed by atoms with Gasteiger partial charge >= 0.3 is 0 Å². The average Bonchev–Trinajstić information content (AvgIpc) is 2.69. The third-order valence-corrected chi connectivity index (χ3v) is 5.33. The first-order chi connectivity index (χ1) is 12.9. The zero-order valence-electron chi connectivity index (χ0n) is 14.7. The number of sulfonamides is 1. The van der Waals surface area contributed by atoms with Crippen molar-refractivity contribution in [3.05, 3.63) is 89.7 Å². The van der Waals surface area contributed by atoms with Crippen LogP contribution < -0.4 is 10.0 Å². The SMILES string of the molecule is Cc1ccc(NC(=O)c2cccc(S(=O)(=O)NCc3ccncc3)c2)cc1. The molecule has 0 aliphatic rings. The summed E-state index contributed by atoms with van der Waals surface area (Å²) in [6, 6.07) is 16.8. The summed E-state index contributed by atoms with van der Waals surface area (Å²) in [4.78, 5) is 16.4. The molecule has 1 amide bonds. The van der Waals surface area contributed by atoms with Crippen molar-refractivity contribution in [3.8, 4) is 0 Å². The van der Waals surface area contributed by atoms with E-state index in [-0.39, 0.29) is 22.9 Å². The zero-order chi connectivity index (χ0) is 19.3. The first kappa shape index (κ1) is 18.8. The van der Waals surface area contributed by atoms with Crippen LogP contribution in [0.4, 0.5) is 5.69 Å². The average molecular weight is 381 g/mol. The summed E-state index contributed by atoms with van der Waals surface area (Å²) in [5.74, 6) is -0.370. The molecule has 3 rings (SSSR count). The standard InChI is InChI=1S/C20H19N3O3S/c1-15-5-7-18(8-6-15)23-20(24)17-3-2-4-19(13-17)27(25,26)22-14-16-9-11-21-12-10-16/h2-13,22H,14H2,1H3,(H,23,24). The molecule has 0 saturated carbocycles. The summed E-state index contributed by atoms with van der Waals surface area (Å²) in [6.07, 6.45) is 3.19. The first-order valence-corrected chi connectivity index (χ1v) is 9.79.